The van der Waals surface area contributed by atoms with Crippen molar-refractivity contribution in [1.29, 1.82) is 0 Å². The molecule has 6 heteroatoms. The first-order chi connectivity index (χ1) is 7.40. The van der Waals surface area contributed by atoms with E-state index >= 15 is 0 Å². The number of Topliss-reactive ketones (excluding diaryl/α,β-unsaturated/α-hetero) is 1. The van der Waals surface area contributed by atoms with Gasteiger partial charge in [0.1, 0.15) is 0 Å². The minimum absolute atomic E-state index is 0.00597. The minimum atomic E-state index is -0.884. The van der Waals surface area contributed by atoms with E-state index in [0.717, 1.165) is 3.79 Å². The molecule has 0 aliphatic rings. The number of carboxylic acid groups (broad SMARTS) is 1. The Bertz CT molecular complexity index is 397. The van der Waals surface area contributed by atoms with Gasteiger partial charge in [-0.25, -0.2) is 0 Å². The molecule has 0 fully saturated rings. The number of thiophene rings is 1. The minimum Gasteiger partial charge on any atom is -0.481 e. The van der Waals surface area contributed by atoms with Crippen LogP contribution in [0.25, 0.3) is 0 Å². The highest BCUT2D eigenvalue weighted by atomic mass is 79.9. The molecule has 0 amide bonds. The van der Waals surface area contributed by atoms with E-state index in [0.29, 0.717) is 9.90 Å². The fraction of sp³-hybridized carbons (Fsp3) is 0.400. The summed E-state index contributed by atoms with van der Waals surface area (Å²) >= 11 is 10.3. The van der Waals surface area contributed by atoms with E-state index in [1.54, 1.807) is 13.0 Å². The monoisotopic (exact) mass is 324 g/mol. The summed E-state index contributed by atoms with van der Waals surface area (Å²) in [5, 5.41) is 9.09. The van der Waals surface area contributed by atoms with Crippen molar-refractivity contribution in [2.75, 3.05) is 0 Å². The molecular formula is C10H10BrClO3S. The van der Waals surface area contributed by atoms with Gasteiger partial charge in [-0.15, -0.1) is 11.3 Å². The van der Waals surface area contributed by atoms with Gasteiger partial charge in [0.25, 0.3) is 0 Å². The largest absolute Gasteiger partial charge is 0.481 e. The third kappa shape index (κ3) is 3.88. The van der Waals surface area contributed by atoms with Crippen molar-refractivity contribution >= 4 is 50.6 Å². The average molecular weight is 326 g/mol. The lowest BCUT2D eigenvalue weighted by atomic mass is 10.0. The Labute approximate surface area is 111 Å². The quantitative estimate of drug-likeness (QED) is 0.837. The Morgan fingerprint density at radius 3 is 2.62 bits per heavy atom. The summed E-state index contributed by atoms with van der Waals surface area (Å²) in [7, 11) is 0. The van der Waals surface area contributed by atoms with Crippen molar-refractivity contribution in [1.82, 2.24) is 0 Å². The molecule has 0 aliphatic heterocycles. The Kier molecular flexibility index (Phi) is 4.95. The second-order valence-corrected chi connectivity index (χ2v) is 6.34. The molecule has 1 N–H and O–H groups in total. The molecule has 0 saturated carbocycles. The molecule has 0 aromatic carbocycles. The predicted octanol–water partition coefficient (Wildman–Crippen LogP) is 3.85. The van der Waals surface area contributed by atoms with Crippen LogP contribution in [0.2, 0.25) is 5.02 Å². The molecule has 0 radical (unpaired) electrons. The van der Waals surface area contributed by atoms with Crippen molar-refractivity contribution in [3.8, 4) is 0 Å². The number of carbonyl (C=O) groups excluding carboxylic acids is 1. The molecule has 1 aromatic rings. The fourth-order valence-corrected chi connectivity index (χ4v) is 2.92. The summed E-state index contributed by atoms with van der Waals surface area (Å²) in [5.74, 6) is -1.11. The Morgan fingerprint density at radius 2 is 2.19 bits per heavy atom. The van der Waals surface area contributed by atoms with Crippen molar-refractivity contribution in [2.24, 2.45) is 5.92 Å². The molecule has 0 bridgehead atoms. The zero-order chi connectivity index (χ0) is 12.3. The molecule has 88 valence electrons. The van der Waals surface area contributed by atoms with E-state index in [4.69, 9.17) is 16.7 Å². The first kappa shape index (κ1) is 13.7. The molecule has 0 spiro atoms. The zero-order valence-electron chi connectivity index (χ0n) is 8.50. The third-order valence-electron chi connectivity index (χ3n) is 1.98. The summed E-state index contributed by atoms with van der Waals surface area (Å²) in [6.07, 6.45) is 0.238. The topological polar surface area (TPSA) is 54.4 Å². The van der Waals surface area contributed by atoms with Crippen LogP contribution in [0, 0.1) is 5.92 Å². The van der Waals surface area contributed by atoms with Gasteiger partial charge in [0.15, 0.2) is 5.78 Å². The van der Waals surface area contributed by atoms with E-state index in [1.807, 2.05) is 0 Å². The van der Waals surface area contributed by atoms with Crippen LogP contribution in [0.5, 0.6) is 0 Å². The van der Waals surface area contributed by atoms with Crippen LogP contribution in [0.15, 0.2) is 9.85 Å². The lowest BCUT2D eigenvalue weighted by Crippen LogP contribution is -2.09. The molecular weight excluding hydrogens is 316 g/mol. The maximum Gasteiger partial charge on any atom is 0.303 e. The predicted molar refractivity (Wildman–Crippen MR) is 67.4 cm³/mol. The van der Waals surface area contributed by atoms with Crippen molar-refractivity contribution < 1.29 is 14.7 Å². The van der Waals surface area contributed by atoms with Crippen LogP contribution in [-0.4, -0.2) is 16.9 Å². The van der Waals surface area contributed by atoms with E-state index in [9.17, 15) is 9.59 Å². The van der Waals surface area contributed by atoms with Gasteiger partial charge in [-0.3, -0.25) is 9.59 Å². The SMILES string of the molecule is CC(CC(=O)O)CC(=O)c1cc(Cl)c(Br)s1. The van der Waals surface area contributed by atoms with E-state index in [1.165, 1.54) is 11.3 Å². The van der Waals surface area contributed by atoms with Gasteiger partial charge in [-0.2, -0.15) is 0 Å². The summed E-state index contributed by atoms with van der Waals surface area (Å²) < 4.78 is 0.725. The van der Waals surface area contributed by atoms with Gasteiger partial charge >= 0.3 is 5.97 Å². The fourth-order valence-electron chi connectivity index (χ4n) is 1.27. The molecule has 0 aliphatic carbocycles. The maximum atomic E-state index is 11.7. The second-order valence-electron chi connectivity index (χ2n) is 3.56. The van der Waals surface area contributed by atoms with Gasteiger partial charge in [-0.1, -0.05) is 18.5 Å². The van der Waals surface area contributed by atoms with Crippen molar-refractivity contribution in [3.63, 3.8) is 0 Å². The number of aliphatic carboxylic acids is 1. The summed E-state index contributed by atoms with van der Waals surface area (Å²) in [6, 6.07) is 1.60. The lowest BCUT2D eigenvalue weighted by Gasteiger charge is -2.05. The van der Waals surface area contributed by atoms with E-state index < -0.39 is 5.97 Å². The highest BCUT2D eigenvalue weighted by molar-refractivity contribution is 9.11. The molecule has 1 atom stereocenters. The third-order valence-corrected chi connectivity index (χ3v) is 4.49. The highest BCUT2D eigenvalue weighted by Gasteiger charge is 2.17. The Balaban J connectivity index is 2.62. The number of rotatable bonds is 5. The molecule has 0 saturated heterocycles. The maximum absolute atomic E-state index is 11.7. The van der Waals surface area contributed by atoms with E-state index in [-0.39, 0.29) is 24.5 Å². The van der Waals surface area contributed by atoms with Crippen LogP contribution in [0.4, 0.5) is 0 Å². The number of hydrogen-bond acceptors (Lipinski definition) is 3. The van der Waals surface area contributed by atoms with Gasteiger partial charge in [0.2, 0.25) is 0 Å². The van der Waals surface area contributed by atoms with Gasteiger partial charge in [0.05, 0.1) is 13.7 Å². The summed E-state index contributed by atoms with van der Waals surface area (Å²) in [6.45, 7) is 1.75. The molecule has 1 heterocycles. The summed E-state index contributed by atoms with van der Waals surface area (Å²) in [5.41, 5.74) is 0. The number of halogens is 2. The number of hydrogen-bond donors (Lipinski definition) is 1. The van der Waals surface area contributed by atoms with Crippen LogP contribution in [0.3, 0.4) is 0 Å². The lowest BCUT2D eigenvalue weighted by molar-refractivity contribution is -0.137. The van der Waals surface area contributed by atoms with Crippen LogP contribution >= 0.6 is 38.9 Å². The van der Waals surface area contributed by atoms with Crippen molar-refractivity contribution in [2.45, 2.75) is 19.8 Å². The molecule has 1 unspecified atom stereocenters. The van der Waals surface area contributed by atoms with E-state index in [2.05, 4.69) is 15.9 Å². The van der Waals surface area contributed by atoms with Crippen LogP contribution < -0.4 is 0 Å². The van der Waals surface area contributed by atoms with Gasteiger partial charge in [0, 0.05) is 12.8 Å². The molecule has 3 nitrogen and oxygen atoms in total. The molecule has 16 heavy (non-hydrogen) atoms. The Hall–Kier alpha value is -0.390. The molecule has 1 rings (SSSR count). The zero-order valence-corrected chi connectivity index (χ0v) is 11.7. The smallest absolute Gasteiger partial charge is 0.303 e. The van der Waals surface area contributed by atoms with Crippen molar-refractivity contribution in [3.05, 3.63) is 19.8 Å². The first-order valence-electron chi connectivity index (χ1n) is 4.60. The summed E-state index contributed by atoms with van der Waals surface area (Å²) in [4.78, 5) is 22.8. The van der Waals surface area contributed by atoms with Gasteiger partial charge < -0.3 is 5.11 Å². The van der Waals surface area contributed by atoms with Crippen LogP contribution in [0.1, 0.15) is 29.4 Å². The molecule has 1 aromatic heterocycles. The van der Waals surface area contributed by atoms with Gasteiger partial charge in [-0.05, 0) is 27.9 Å². The number of carboxylic acids is 1. The standard InChI is InChI=1S/C10H10BrClO3S/c1-5(3-9(14)15)2-7(13)8-4-6(12)10(11)16-8/h4-5H,2-3H2,1H3,(H,14,15). The first-order valence-corrected chi connectivity index (χ1v) is 6.58. The van der Waals surface area contributed by atoms with Crippen LogP contribution in [-0.2, 0) is 4.79 Å². The average Bonchev–Trinajstić information content (AvgIpc) is 2.45. The second kappa shape index (κ2) is 5.80. The Morgan fingerprint density at radius 1 is 1.56 bits per heavy atom. The number of ketones is 1. The number of carbonyl (C=O) groups is 2. The normalized spacial score (nSPS) is 12.4. The highest BCUT2D eigenvalue weighted by Crippen LogP contribution is 2.33.